The number of nitrogen functional groups attached to an aromatic ring is 2. The van der Waals surface area contributed by atoms with Crippen LogP contribution < -0.4 is 11.5 Å². The van der Waals surface area contributed by atoms with Crippen LogP contribution in [0.15, 0.2) is 5.16 Å². The zero-order valence-corrected chi connectivity index (χ0v) is 8.34. The van der Waals surface area contributed by atoms with Crippen molar-refractivity contribution < 1.29 is 0 Å². The maximum absolute atomic E-state index is 5.41. The molecule has 0 unspecified atom stereocenters. The molecule has 0 spiro atoms. The number of anilines is 2. The molecule has 6 heteroatoms. The van der Waals surface area contributed by atoms with Crippen LogP contribution in [-0.4, -0.2) is 20.7 Å². The van der Waals surface area contributed by atoms with E-state index >= 15 is 0 Å². The fraction of sp³-hybridized carbons (Fsp3) is 0.571. The Kier molecular flexibility index (Phi) is 3.75. The third-order valence-electron chi connectivity index (χ3n) is 1.38. The van der Waals surface area contributed by atoms with Crippen molar-refractivity contribution >= 4 is 23.7 Å². The molecular formula is C7H13N5S. The summed E-state index contributed by atoms with van der Waals surface area (Å²) in [6.07, 6.45) is 2.29. The van der Waals surface area contributed by atoms with E-state index in [0.717, 1.165) is 18.6 Å². The molecular weight excluding hydrogens is 186 g/mol. The second-order valence-electron chi connectivity index (χ2n) is 2.54. The number of aromatic nitrogens is 3. The van der Waals surface area contributed by atoms with E-state index in [1.54, 1.807) is 11.8 Å². The van der Waals surface area contributed by atoms with Gasteiger partial charge in [0, 0.05) is 5.75 Å². The second kappa shape index (κ2) is 4.86. The number of nitrogens with zero attached hydrogens (tertiary/aromatic N) is 3. The summed E-state index contributed by atoms with van der Waals surface area (Å²) in [5.41, 5.74) is 10.8. The molecule has 1 aromatic heterocycles. The van der Waals surface area contributed by atoms with Crippen molar-refractivity contribution in [1.82, 2.24) is 15.0 Å². The maximum Gasteiger partial charge on any atom is 0.225 e. The Morgan fingerprint density at radius 1 is 1.15 bits per heavy atom. The molecule has 1 rings (SSSR count). The van der Waals surface area contributed by atoms with Crippen LogP contribution in [0.3, 0.4) is 0 Å². The van der Waals surface area contributed by atoms with Crippen molar-refractivity contribution in [1.29, 1.82) is 0 Å². The largest absolute Gasteiger partial charge is 0.368 e. The van der Waals surface area contributed by atoms with Crippen LogP contribution in [0.2, 0.25) is 0 Å². The Hall–Kier alpha value is -1.04. The van der Waals surface area contributed by atoms with Gasteiger partial charge in [-0.2, -0.15) is 15.0 Å². The molecule has 0 bridgehead atoms. The van der Waals surface area contributed by atoms with E-state index in [-0.39, 0.29) is 11.9 Å². The highest BCUT2D eigenvalue weighted by molar-refractivity contribution is 7.99. The number of nitrogens with two attached hydrogens (primary N) is 2. The zero-order chi connectivity index (χ0) is 9.68. The fourth-order valence-electron chi connectivity index (χ4n) is 0.761. The molecule has 0 aromatic carbocycles. The quantitative estimate of drug-likeness (QED) is 0.553. The van der Waals surface area contributed by atoms with E-state index in [1.165, 1.54) is 0 Å². The van der Waals surface area contributed by atoms with Crippen LogP contribution in [0.25, 0.3) is 0 Å². The predicted octanol–water partition coefficient (Wildman–Crippen LogP) is 0.928. The van der Waals surface area contributed by atoms with Gasteiger partial charge in [-0.05, 0) is 6.42 Å². The van der Waals surface area contributed by atoms with Crippen LogP contribution in [-0.2, 0) is 0 Å². The van der Waals surface area contributed by atoms with Crippen molar-refractivity contribution in [3.63, 3.8) is 0 Å². The number of unbranched alkanes of at least 4 members (excludes halogenated alkanes) is 1. The summed E-state index contributed by atoms with van der Waals surface area (Å²) in [4.78, 5) is 11.6. The summed E-state index contributed by atoms with van der Waals surface area (Å²) in [5, 5.41) is 0.610. The smallest absolute Gasteiger partial charge is 0.225 e. The van der Waals surface area contributed by atoms with Gasteiger partial charge in [0.25, 0.3) is 0 Å². The monoisotopic (exact) mass is 199 g/mol. The minimum atomic E-state index is 0.187. The lowest BCUT2D eigenvalue weighted by atomic mass is 10.4. The average Bonchev–Trinajstić information content (AvgIpc) is 2.03. The van der Waals surface area contributed by atoms with Crippen LogP contribution >= 0.6 is 11.8 Å². The van der Waals surface area contributed by atoms with E-state index in [9.17, 15) is 0 Å². The lowest BCUT2D eigenvalue weighted by Crippen LogP contribution is -2.03. The summed E-state index contributed by atoms with van der Waals surface area (Å²) in [5.74, 6) is 1.36. The van der Waals surface area contributed by atoms with Crippen molar-refractivity contribution in [3.8, 4) is 0 Å². The first-order chi connectivity index (χ1) is 6.22. The molecule has 0 radical (unpaired) electrons. The van der Waals surface area contributed by atoms with Gasteiger partial charge in [-0.1, -0.05) is 25.1 Å². The molecule has 0 atom stereocenters. The number of hydrogen-bond acceptors (Lipinski definition) is 6. The molecule has 0 aliphatic heterocycles. The van der Waals surface area contributed by atoms with E-state index in [2.05, 4.69) is 21.9 Å². The molecule has 4 N–H and O–H groups in total. The fourth-order valence-corrected chi connectivity index (χ4v) is 1.69. The van der Waals surface area contributed by atoms with Gasteiger partial charge in [-0.3, -0.25) is 0 Å². The highest BCUT2D eigenvalue weighted by Crippen LogP contribution is 2.15. The maximum atomic E-state index is 5.41. The lowest BCUT2D eigenvalue weighted by Gasteiger charge is -2.00. The Bertz CT molecular complexity index is 257. The highest BCUT2D eigenvalue weighted by Gasteiger charge is 2.01. The minimum Gasteiger partial charge on any atom is -0.368 e. The normalized spacial score (nSPS) is 10.2. The van der Waals surface area contributed by atoms with Gasteiger partial charge in [0.15, 0.2) is 5.16 Å². The van der Waals surface area contributed by atoms with E-state index in [0.29, 0.717) is 5.16 Å². The van der Waals surface area contributed by atoms with E-state index in [4.69, 9.17) is 11.5 Å². The SMILES string of the molecule is CCCCSc1nc(N)nc(N)n1. The topological polar surface area (TPSA) is 90.7 Å². The zero-order valence-electron chi connectivity index (χ0n) is 7.53. The predicted molar refractivity (Wildman–Crippen MR) is 54.3 cm³/mol. The molecule has 0 saturated heterocycles. The molecule has 5 nitrogen and oxygen atoms in total. The van der Waals surface area contributed by atoms with Gasteiger partial charge < -0.3 is 11.5 Å². The first-order valence-electron chi connectivity index (χ1n) is 4.12. The summed E-state index contributed by atoms with van der Waals surface area (Å²) in [7, 11) is 0. The van der Waals surface area contributed by atoms with Crippen molar-refractivity contribution in [2.24, 2.45) is 0 Å². The Morgan fingerprint density at radius 3 is 2.31 bits per heavy atom. The van der Waals surface area contributed by atoms with Crippen molar-refractivity contribution in [2.75, 3.05) is 17.2 Å². The molecule has 0 amide bonds. The Balaban J connectivity index is 2.56. The minimum absolute atomic E-state index is 0.187. The average molecular weight is 199 g/mol. The van der Waals surface area contributed by atoms with Gasteiger partial charge in [-0.15, -0.1) is 0 Å². The molecule has 72 valence electrons. The summed E-state index contributed by atoms with van der Waals surface area (Å²) >= 11 is 1.55. The third-order valence-corrected chi connectivity index (χ3v) is 2.31. The number of thioether (sulfide) groups is 1. The number of hydrogen-bond donors (Lipinski definition) is 2. The molecule has 13 heavy (non-hydrogen) atoms. The Labute approximate surface area is 81.4 Å². The second-order valence-corrected chi connectivity index (χ2v) is 3.60. The summed E-state index contributed by atoms with van der Waals surface area (Å²) in [6, 6.07) is 0. The first kappa shape index (κ1) is 10.0. The molecule has 1 aromatic rings. The van der Waals surface area contributed by atoms with Crippen LogP contribution in [0, 0.1) is 0 Å². The lowest BCUT2D eigenvalue weighted by molar-refractivity contribution is 0.883. The molecule has 0 aliphatic rings. The standard InChI is InChI=1S/C7H13N5S/c1-2-3-4-13-7-11-5(8)10-6(9)12-7/h2-4H2,1H3,(H4,8,9,10,11,12). The Morgan fingerprint density at radius 2 is 1.77 bits per heavy atom. The number of rotatable bonds is 4. The summed E-state index contributed by atoms with van der Waals surface area (Å²) in [6.45, 7) is 2.14. The van der Waals surface area contributed by atoms with Crippen LogP contribution in [0.1, 0.15) is 19.8 Å². The van der Waals surface area contributed by atoms with E-state index in [1.807, 2.05) is 0 Å². The highest BCUT2D eigenvalue weighted by atomic mass is 32.2. The van der Waals surface area contributed by atoms with Gasteiger partial charge in [-0.25, -0.2) is 0 Å². The molecule has 1 heterocycles. The van der Waals surface area contributed by atoms with Crippen molar-refractivity contribution in [2.45, 2.75) is 24.9 Å². The van der Waals surface area contributed by atoms with E-state index < -0.39 is 0 Å². The molecule has 0 aliphatic carbocycles. The summed E-state index contributed by atoms with van der Waals surface area (Å²) < 4.78 is 0. The van der Waals surface area contributed by atoms with Gasteiger partial charge in [0.1, 0.15) is 0 Å². The third kappa shape index (κ3) is 3.45. The first-order valence-corrected chi connectivity index (χ1v) is 5.10. The molecule has 0 saturated carbocycles. The van der Waals surface area contributed by atoms with Crippen LogP contribution in [0.5, 0.6) is 0 Å². The van der Waals surface area contributed by atoms with Gasteiger partial charge >= 0.3 is 0 Å². The molecule has 0 fully saturated rings. The van der Waals surface area contributed by atoms with Gasteiger partial charge in [0.2, 0.25) is 11.9 Å². The van der Waals surface area contributed by atoms with Crippen LogP contribution in [0.4, 0.5) is 11.9 Å². The van der Waals surface area contributed by atoms with Crippen molar-refractivity contribution in [3.05, 3.63) is 0 Å². The van der Waals surface area contributed by atoms with Gasteiger partial charge in [0.05, 0.1) is 0 Å².